The molecule has 0 bridgehead atoms. The minimum absolute atomic E-state index is 0.266. The second kappa shape index (κ2) is 8.75. The summed E-state index contributed by atoms with van der Waals surface area (Å²) in [6, 6.07) is 8.84. The molecular weight excluding hydrogens is 324 g/mol. The van der Waals surface area contributed by atoms with E-state index in [9.17, 15) is 0 Å². The molecule has 1 saturated carbocycles. The number of benzene rings is 1. The summed E-state index contributed by atoms with van der Waals surface area (Å²) in [5.41, 5.74) is 1.50. The van der Waals surface area contributed by atoms with Crippen molar-refractivity contribution in [2.75, 3.05) is 13.2 Å². The average Bonchev–Trinajstić information content (AvgIpc) is 3.60. The Morgan fingerprint density at radius 1 is 1.00 bits per heavy atom. The first kappa shape index (κ1) is 18.3. The summed E-state index contributed by atoms with van der Waals surface area (Å²) in [6.45, 7) is 3.87. The van der Waals surface area contributed by atoms with E-state index in [-0.39, 0.29) is 6.10 Å². The average molecular weight is 359 g/mol. The van der Waals surface area contributed by atoms with Crippen molar-refractivity contribution in [3.05, 3.63) is 29.8 Å². The van der Waals surface area contributed by atoms with Gasteiger partial charge in [-0.25, -0.2) is 0 Å². The molecular formula is C23H34O3. The number of hydrogen-bond donors (Lipinski definition) is 0. The van der Waals surface area contributed by atoms with Gasteiger partial charge < -0.3 is 14.2 Å². The minimum atomic E-state index is 0.266. The summed E-state index contributed by atoms with van der Waals surface area (Å²) in [5, 5.41) is 0. The van der Waals surface area contributed by atoms with E-state index in [1.807, 2.05) is 0 Å². The Hall–Kier alpha value is -1.06. The highest BCUT2D eigenvalue weighted by Crippen LogP contribution is 2.38. The lowest BCUT2D eigenvalue weighted by Crippen LogP contribution is -2.13. The Morgan fingerprint density at radius 2 is 1.77 bits per heavy atom. The summed E-state index contributed by atoms with van der Waals surface area (Å²) in [6.07, 6.45) is 13.3. The molecule has 2 unspecified atom stereocenters. The molecule has 2 heterocycles. The largest absolute Gasteiger partial charge is 0.491 e. The molecule has 4 rings (SSSR count). The molecule has 1 aliphatic carbocycles. The molecule has 26 heavy (non-hydrogen) atoms. The maximum atomic E-state index is 5.91. The van der Waals surface area contributed by atoms with E-state index in [2.05, 4.69) is 31.2 Å². The van der Waals surface area contributed by atoms with Crippen LogP contribution < -0.4 is 4.74 Å². The zero-order valence-electron chi connectivity index (χ0n) is 16.2. The molecule has 3 heteroatoms. The molecule has 3 atom stereocenters. The molecule has 2 aliphatic heterocycles. The van der Waals surface area contributed by atoms with Crippen molar-refractivity contribution < 1.29 is 14.2 Å². The third-order valence-electron chi connectivity index (χ3n) is 6.41. The van der Waals surface area contributed by atoms with Crippen LogP contribution in [0.3, 0.4) is 0 Å². The fourth-order valence-electron chi connectivity index (χ4n) is 4.48. The molecule has 0 radical (unpaired) electrons. The second-order valence-electron chi connectivity index (χ2n) is 8.50. The molecule has 3 aliphatic rings. The van der Waals surface area contributed by atoms with Gasteiger partial charge in [0.25, 0.3) is 0 Å². The summed E-state index contributed by atoms with van der Waals surface area (Å²) in [4.78, 5) is 0. The normalized spacial score (nSPS) is 33.0. The van der Waals surface area contributed by atoms with E-state index in [0.29, 0.717) is 18.8 Å². The van der Waals surface area contributed by atoms with Crippen LogP contribution in [0.5, 0.6) is 5.75 Å². The van der Waals surface area contributed by atoms with Gasteiger partial charge in [0.2, 0.25) is 0 Å². The Morgan fingerprint density at radius 3 is 2.46 bits per heavy atom. The van der Waals surface area contributed by atoms with Gasteiger partial charge in [0, 0.05) is 6.42 Å². The van der Waals surface area contributed by atoms with Crippen LogP contribution >= 0.6 is 0 Å². The topological polar surface area (TPSA) is 34.3 Å². The Bertz CT molecular complexity index is 543. The molecule has 3 fully saturated rings. The summed E-state index contributed by atoms with van der Waals surface area (Å²) in [7, 11) is 0. The van der Waals surface area contributed by atoms with Crippen LogP contribution in [0.15, 0.2) is 24.3 Å². The Labute approximate surface area is 158 Å². The van der Waals surface area contributed by atoms with Crippen molar-refractivity contribution in [1.29, 1.82) is 0 Å². The van der Waals surface area contributed by atoms with E-state index in [0.717, 1.165) is 30.6 Å². The summed E-state index contributed by atoms with van der Waals surface area (Å²) >= 11 is 0. The molecule has 0 N–H and O–H groups in total. The van der Waals surface area contributed by atoms with Gasteiger partial charge >= 0.3 is 0 Å². The van der Waals surface area contributed by atoms with Gasteiger partial charge in [-0.05, 0) is 55.2 Å². The number of unbranched alkanes of at least 4 members (excludes halogenated alkanes) is 2. The van der Waals surface area contributed by atoms with Crippen molar-refractivity contribution in [1.82, 2.24) is 0 Å². The molecule has 0 aromatic heterocycles. The lowest BCUT2D eigenvalue weighted by Gasteiger charge is -2.29. The molecule has 1 aromatic carbocycles. The van der Waals surface area contributed by atoms with Crippen LogP contribution in [0.4, 0.5) is 0 Å². The first-order valence-corrected chi connectivity index (χ1v) is 10.8. The fourth-order valence-corrected chi connectivity index (χ4v) is 4.48. The van der Waals surface area contributed by atoms with Crippen LogP contribution in [-0.4, -0.2) is 31.5 Å². The molecule has 144 valence electrons. The van der Waals surface area contributed by atoms with Crippen LogP contribution in [0, 0.1) is 5.92 Å². The fraction of sp³-hybridized carbons (Fsp3) is 0.739. The van der Waals surface area contributed by atoms with Gasteiger partial charge in [0.15, 0.2) is 0 Å². The van der Waals surface area contributed by atoms with Gasteiger partial charge in [0.05, 0.1) is 18.8 Å². The lowest BCUT2D eigenvalue weighted by atomic mass is 9.77. The smallest absolute Gasteiger partial charge is 0.119 e. The highest BCUT2D eigenvalue weighted by atomic mass is 16.6. The first-order valence-electron chi connectivity index (χ1n) is 10.8. The van der Waals surface area contributed by atoms with E-state index in [4.69, 9.17) is 14.2 Å². The zero-order chi connectivity index (χ0) is 17.8. The van der Waals surface area contributed by atoms with Gasteiger partial charge in [0.1, 0.15) is 18.5 Å². The highest BCUT2D eigenvalue weighted by Gasteiger charge is 2.43. The van der Waals surface area contributed by atoms with Crippen molar-refractivity contribution in [2.45, 2.75) is 88.9 Å². The SMILES string of the molecule is CCCCC[C@H]1CC[C@H](c2ccc(OC[C@@H]3OC3CC3CO3)cc2)CC1. The van der Waals surface area contributed by atoms with Crippen molar-refractivity contribution >= 4 is 0 Å². The predicted octanol–water partition coefficient (Wildman–Crippen LogP) is 5.48. The monoisotopic (exact) mass is 358 g/mol. The first-order chi connectivity index (χ1) is 12.8. The van der Waals surface area contributed by atoms with Crippen LogP contribution in [0.25, 0.3) is 0 Å². The number of rotatable bonds is 10. The molecule has 0 amide bonds. The molecule has 3 nitrogen and oxygen atoms in total. The van der Waals surface area contributed by atoms with Gasteiger partial charge in [-0.1, -0.05) is 44.7 Å². The maximum Gasteiger partial charge on any atom is 0.119 e. The Balaban J connectivity index is 1.16. The van der Waals surface area contributed by atoms with Crippen molar-refractivity contribution in [2.24, 2.45) is 5.92 Å². The predicted molar refractivity (Wildman–Crippen MR) is 104 cm³/mol. The maximum absolute atomic E-state index is 5.91. The number of epoxide rings is 2. The third-order valence-corrected chi connectivity index (χ3v) is 6.41. The number of hydrogen-bond acceptors (Lipinski definition) is 3. The molecule has 0 spiro atoms. The summed E-state index contributed by atoms with van der Waals surface area (Å²) < 4.78 is 16.8. The van der Waals surface area contributed by atoms with E-state index in [1.165, 1.54) is 56.9 Å². The second-order valence-corrected chi connectivity index (χ2v) is 8.50. The lowest BCUT2D eigenvalue weighted by molar-refractivity contribution is 0.258. The zero-order valence-corrected chi connectivity index (χ0v) is 16.2. The molecule has 2 saturated heterocycles. The molecule has 1 aromatic rings. The van der Waals surface area contributed by atoms with Crippen LogP contribution in [0.2, 0.25) is 0 Å². The van der Waals surface area contributed by atoms with Gasteiger partial charge in [-0.15, -0.1) is 0 Å². The van der Waals surface area contributed by atoms with Crippen LogP contribution in [-0.2, 0) is 9.47 Å². The van der Waals surface area contributed by atoms with Gasteiger partial charge in [-0.2, -0.15) is 0 Å². The minimum Gasteiger partial charge on any atom is -0.491 e. The van der Waals surface area contributed by atoms with E-state index in [1.54, 1.807) is 0 Å². The van der Waals surface area contributed by atoms with Crippen molar-refractivity contribution in [3.63, 3.8) is 0 Å². The third kappa shape index (κ3) is 5.23. The van der Waals surface area contributed by atoms with Crippen molar-refractivity contribution in [3.8, 4) is 5.75 Å². The highest BCUT2D eigenvalue weighted by molar-refractivity contribution is 5.29. The number of ether oxygens (including phenoxy) is 3. The standard InChI is InChI=1S/C23H34O3/c1-2-3-4-5-17-6-8-18(9-7-17)19-10-12-20(13-11-19)25-16-23-22(26-23)14-21-15-24-21/h10-13,17-18,21-23H,2-9,14-16H2,1H3/t17-,18-,21?,22?,23-/m0/s1. The Kier molecular flexibility index (Phi) is 6.16. The summed E-state index contributed by atoms with van der Waals surface area (Å²) in [5.74, 6) is 2.70. The van der Waals surface area contributed by atoms with Crippen LogP contribution in [0.1, 0.15) is 76.2 Å². The quantitative estimate of drug-likeness (QED) is 0.410. The van der Waals surface area contributed by atoms with Gasteiger partial charge in [-0.3, -0.25) is 0 Å². The van der Waals surface area contributed by atoms with E-state index < -0.39 is 0 Å². The van der Waals surface area contributed by atoms with E-state index >= 15 is 0 Å².